The first-order chi connectivity index (χ1) is 17.8. The molecule has 0 saturated heterocycles. The third kappa shape index (κ3) is 6.40. The standard InChI is InChI=1S/C28H26N4O5/c1-19-9-15-24(37-19)27-21(17-32(30-27)23-7-5-4-6-8-23)12-16-26(34)36-18-25(33)29-22-13-10-20(11-14-22)28(35)31(2)3/h4-17H,18H2,1-3H3,(H,29,33)/b16-12+. The second-order valence-corrected chi connectivity index (χ2v) is 8.39. The topological polar surface area (TPSA) is 107 Å². The lowest BCUT2D eigenvalue weighted by Crippen LogP contribution is -2.22. The van der Waals surface area contributed by atoms with Crippen LogP contribution in [0.15, 0.2) is 83.4 Å². The van der Waals surface area contributed by atoms with Crippen LogP contribution in [0.25, 0.3) is 23.2 Å². The number of rotatable bonds is 8. The van der Waals surface area contributed by atoms with Crippen LogP contribution in [0, 0.1) is 6.92 Å². The van der Waals surface area contributed by atoms with E-state index in [0.29, 0.717) is 28.3 Å². The van der Waals surface area contributed by atoms with Gasteiger partial charge in [-0.1, -0.05) is 18.2 Å². The van der Waals surface area contributed by atoms with Crippen molar-refractivity contribution < 1.29 is 23.5 Å². The van der Waals surface area contributed by atoms with Crippen molar-refractivity contribution in [3.8, 4) is 17.1 Å². The highest BCUT2D eigenvalue weighted by Gasteiger charge is 2.15. The van der Waals surface area contributed by atoms with Gasteiger partial charge in [-0.2, -0.15) is 5.10 Å². The fourth-order valence-electron chi connectivity index (χ4n) is 3.47. The number of ether oxygens (including phenoxy) is 1. The zero-order chi connectivity index (χ0) is 26.4. The highest BCUT2D eigenvalue weighted by atomic mass is 16.5. The van der Waals surface area contributed by atoms with E-state index in [1.54, 1.807) is 55.3 Å². The van der Waals surface area contributed by atoms with Gasteiger partial charge in [0.15, 0.2) is 12.4 Å². The SMILES string of the molecule is Cc1ccc(-c2nn(-c3ccccc3)cc2/C=C/C(=O)OCC(=O)Nc2ccc(C(=O)N(C)C)cc2)o1. The molecule has 2 aromatic heterocycles. The molecule has 0 aliphatic carbocycles. The Bertz CT molecular complexity index is 1430. The Morgan fingerprint density at radius 1 is 1.03 bits per heavy atom. The minimum atomic E-state index is -0.684. The third-order valence-corrected chi connectivity index (χ3v) is 5.30. The van der Waals surface area contributed by atoms with Gasteiger partial charge in [-0.15, -0.1) is 0 Å². The van der Waals surface area contributed by atoms with Crippen molar-refractivity contribution >= 4 is 29.5 Å². The predicted molar refractivity (Wildman–Crippen MR) is 139 cm³/mol. The number of hydrogen-bond donors (Lipinski definition) is 1. The highest BCUT2D eigenvalue weighted by Crippen LogP contribution is 2.26. The zero-order valence-electron chi connectivity index (χ0n) is 20.7. The number of anilines is 1. The smallest absolute Gasteiger partial charge is 0.331 e. The molecule has 4 rings (SSSR count). The summed E-state index contributed by atoms with van der Waals surface area (Å²) < 4.78 is 12.5. The zero-order valence-corrected chi connectivity index (χ0v) is 20.7. The molecule has 0 bridgehead atoms. The molecule has 0 radical (unpaired) electrons. The molecule has 0 spiro atoms. The monoisotopic (exact) mass is 498 g/mol. The van der Waals surface area contributed by atoms with Gasteiger partial charge in [0.2, 0.25) is 0 Å². The average Bonchev–Trinajstić information content (AvgIpc) is 3.53. The number of carbonyl (C=O) groups is 3. The normalized spacial score (nSPS) is 10.9. The van der Waals surface area contributed by atoms with E-state index in [1.165, 1.54) is 11.0 Å². The number of nitrogens with zero attached hydrogens (tertiary/aromatic N) is 3. The summed E-state index contributed by atoms with van der Waals surface area (Å²) in [6, 6.07) is 19.7. The van der Waals surface area contributed by atoms with Crippen molar-refractivity contribution in [2.24, 2.45) is 0 Å². The number of amides is 2. The first-order valence-electron chi connectivity index (χ1n) is 11.5. The Balaban J connectivity index is 1.39. The predicted octanol–water partition coefficient (Wildman–Crippen LogP) is 4.34. The quantitative estimate of drug-likeness (QED) is 0.286. The van der Waals surface area contributed by atoms with Gasteiger partial charge in [-0.05, 0) is 61.5 Å². The Morgan fingerprint density at radius 3 is 2.41 bits per heavy atom. The van der Waals surface area contributed by atoms with Gasteiger partial charge in [0.05, 0.1) is 5.69 Å². The molecule has 0 atom stereocenters. The average molecular weight is 499 g/mol. The van der Waals surface area contributed by atoms with Crippen LogP contribution in [-0.2, 0) is 14.3 Å². The first kappa shape index (κ1) is 25.2. The van der Waals surface area contributed by atoms with Crippen molar-refractivity contribution in [2.45, 2.75) is 6.92 Å². The number of aryl methyl sites for hydroxylation is 1. The van der Waals surface area contributed by atoms with Gasteiger partial charge in [-0.3, -0.25) is 9.59 Å². The van der Waals surface area contributed by atoms with Gasteiger partial charge >= 0.3 is 5.97 Å². The van der Waals surface area contributed by atoms with Crippen LogP contribution in [0.4, 0.5) is 5.69 Å². The van der Waals surface area contributed by atoms with Crippen molar-refractivity contribution in [1.29, 1.82) is 0 Å². The minimum Gasteiger partial charge on any atom is -0.460 e. The number of esters is 1. The van der Waals surface area contributed by atoms with E-state index < -0.39 is 18.5 Å². The molecular formula is C28H26N4O5. The maximum Gasteiger partial charge on any atom is 0.331 e. The Kier molecular flexibility index (Phi) is 7.63. The molecule has 4 aromatic rings. The summed E-state index contributed by atoms with van der Waals surface area (Å²) >= 11 is 0. The maximum atomic E-state index is 12.3. The van der Waals surface area contributed by atoms with Crippen LogP contribution in [-0.4, -0.2) is 53.2 Å². The van der Waals surface area contributed by atoms with Crippen LogP contribution in [0.2, 0.25) is 0 Å². The Hall–Kier alpha value is -4.92. The fourth-order valence-corrected chi connectivity index (χ4v) is 3.47. The van der Waals surface area contributed by atoms with Crippen LogP contribution < -0.4 is 5.32 Å². The summed E-state index contributed by atoms with van der Waals surface area (Å²) in [7, 11) is 3.32. The molecule has 9 nitrogen and oxygen atoms in total. The molecule has 188 valence electrons. The number of hydrogen-bond acceptors (Lipinski definition) is 6. The summed E-state index contributed by atoms with van der Waals surface area (Å²) in [6.07, 6.45) is 4.59. The molecule has 37 heavy (non-hydrogen) atoms. The van der Waals surface area contributed by atoms with E-state index in [1.807, 2.05) is 49.4 Å². The molecule has 0 aliphatic heterocycles. The summed E-state index contributed by atoms with van der Waals surface area (Å²) in [6.45, 7) is 1.38. The number of carbonyl (C=O) groups excluding carboxylic acids is 3. The molecule has 0 aliphatic rings. The van der Waals surface area contributed by atoms with Crippen molar-refractivity contribution in [1.82, 2.24) is 14.7 Å². The molecule has 0 fully saturated rings. The van der Waals surface area contributed by atoms with Crippen molar-refractivity contribution in [2.75, 3.05) is 26.0 Å². The number of para-hydroxylation sites is 1. The Morgan fingerprint density at radius 2 is 1.76 bits per heavy atom. The lowest BCUT2D eigenvalue weighted by atomic mass is 10.2. The second-order valence-electron chi connectivity index (χ2n) is 8.39. The van der Waals surface area contributed by atoms with Crippen molar-refractivity contribution in [3.05, 3.63) is 95.9 Å². The molecule has 2 aromatic carbocycles. The molecule has 1 N–H and O–H groups in total. The van der Waals surface area contributed by atoms with Crippen LogP contribution in [0.5, 0.6) is 0 Å². The summed E-state index contributed by atoms with van der Waals surface area (Å²) in [5, 5.41) is 7.25. The fraction of sp³-hybridized carbons (Fsp3) is 0.143. The largest absolute Gasteiger partial charge is 0.460 e. The number of furan rings is 1. The lowest BCUT2D eigenvalue weighted by Gasteiger charge is -2.11. The molecule has 0 saturated carbocycles. The molecule has 2 heterocycles. The van der Waals surface area contributed by atoms with E-state index in [0.717, 1.165) is 11.4 Å². The van der Waals surface area contributed by atoms with Crippen LogP contribution in [0.1, 0.15) is 21.7 Å². The highest BCUT2D eigenvalue weighted by molar-refractivity contribution is 5.97. The van der Waals surface area contributed by atoms with Gasteiger partial charge in [0, 0.05) is 43.2 Å². The van der Waals surface area contributed by atoms with Gasteiger partial charge in [0.25, 0.3) is 11.8 Å². The molecule has 0 unspecified atom stereocenters. The van der Waals surface area contributed by atoms with Crippen molar-refractivity contribution in [3.63, 3.8) is 0 Å². The van der Waals surface area contributed by atoms with E-state index in [9.17, 15) is 14.4 Å². The maximum absolute atomic E-state index is 12.3. The van der Waals surface area contributed by atoms with Gasteiger partial charge in [0.1, 0.15) is 11.5 Å². The van der Waals surface area contributed by atoms with E-state index in [2.05, 4.69) is 10.4 Å². The molecular weight excluding hydrogens is 472 g/mol. The third-order valence-electron chi connectivity index (χ3n) is 5.30. The van der Waals surface area contributed by atoms with Gasteiger partial charge in [-0.25, -0.2) is 9.48 Å². The van der Waals surface area contributed by atoms with E-state index in [-0.39, 0.29) is 5.91 Å². The number of aromatic nitrogens is 2. The second kappa shape index (κ2) is 11.2. The summed E-state index contributed by atoms with van der Waals surface area (Å²) in [5.41, 5.74) is 3.05. The van der Waals surface area contributed by atoms with E-state index in [4.69, 9.17) is 9.15 Å². The lowest BCUT2D eigenvalue weighted by molar-refractivity contribution is -0.142. The Labute approximate surface area is 214 Å². The first-order valence-corrected chi connectivity index (χ1v) is 11.5. The minimum absolute atomic E-state index is 0.141. The summed E-state index contributed by atoms with van der Waals surface area (Å²) in [4.78, 5) is 37.9. The molecule has 2 amide bonds. The van der Waals surface area contributed by atoms with Gasteiger partial charge < -0.3 is 19.4 Å². The van der Waals surface area contributed by atoms with E-state index >= 15 is 0 Å². The van der Waals surface area contributed by atoms with Crippen LogP contribution in [0.3, 0.4) is 0 Å². The van der Waals surface area contributed by atoms with Crippen LogP contribution >= 0.6 is 0 Å². The number of nitrogens with one attached hydrogen (secondary N) is 1. The number of benzene rings is 2. The molecule has 9 heteroatoms. The summed E-state index contributed by atoms with van der Waals surface area (Å²) in [5.74, 6) is -0.0205.